The molecule has 0 spiro atoms. The first-order valence-corrected chi connectivity index (χ1v) is 12.8. The third-order valence-electron chi connectivity index (χ3n) is 7.65. The predicted octanol–water partition coefficient (Wildman–Crippen LogP) is 1.72. The largest absolute Gasteiger partial charge is 0.351 e. The molecule has 10 heteroatoms. The number of carbonyl (C=O) groups excluding carboxylic acids is 1. The standard InChI is InChI=1S/C21H30N6O3S/c1-13-15-10-21(13,11-15)27-17(19(28)25(2)3)9-14-12-22-20(24-18(14)27)23-16-5-7-26(8-6-16)31(4,29)30/h9,12-13,15-16H,5-8,10-11H2,1-4H3,(H,22,23,24)/t13-,15?,21?/m1/s1. The molecule has 0 aromatic carbocycles. The van der Waals surface area contributed by atoms with E-state index in [-0.39, 0.29) is 17.5 Å². The van der Waals surface area contributed by atoms with E-state index in [0.717, 1.165) is 29.8 Å². The molecule has 1 saturated heterocycles. The van der Waals surface area contributed by atoms with Crippen molar-refractivity contribution in [3.8, 4) is 0 Å². The topological polar surface area (TPSA) is 100 Å². The van der Waals surface area contributed by atoms with Crippen molar-refractivity contribution in [1.82, 2.24) is 23.7 Å². The van der Waals surface area contributed by atoms with Crippen LogP contribution in [0, 0.1) is 11.8 Å². The highest BCUT2D eigenvalue weighted by Gasteiger charge is 2.65. The van der Waals surface area contributed by atoms with Crippen molar-refractivity contribution in [3.05, 3.63) is 18.0 Å². The normalized spacial score (nSPS) is 28.8. The number of piperidine rings is 1. The molecule has 6 rings (SSSR count). The first-order valence-electron chi connectivity index (χ1n) is 10.9. The smallest absolute Gasteiger partial charge is 0.270 e. The zero-order valence-corrected chi connectivity index (χ0v) is 19.3. The number of carbonyl (C=O) groups is 1. The van der Waals surface area contributed by atoms with Gasteiger partial charge in [0.15, 0.2) is 0 Å². The van der Waals surface area contributed by atoms with Crippen LogP contribution in [-0.2, 0) is 15.6 Å². The second-order valence-electron chi connectivity index (χ2n) is 9.68. The number of hydrogen-bond donors (Lipinski definition) is 1. The van der Waals surface area contributed by atoms with Crippen molar-refractivity contribution < 1.29 is 13.2 Å². The Morgan fingerprint density at radius 1 is 1.26 bits per heavy atom. The monoisotopic (exact) mass is 446 g/mol. The molecule has 3 heterocycles. The quantitative estimate of drug-likeness (QED) is 0.751. The molecular formula is C21H30N6O3S. The van der Waals surface area contributed by atoms with Crippen molar-refractivity contribution in [2.24, 2.45) is 11.8 Å². The maximum absolute atomic E-state index is 12.9. The van der Waals surface area contributed by atoms with E-state index in [1.54, 1.807) is 25.2 Å². The van der Waals surface area contributed by atoms with Crippen LogP contribution in [0.1, 0.15) is 43.1 Å². The summed E-state index contributed by atoms with van der Waals surface area (Å²) in [5.74, 6) is 1.81. The van der Waals surface area contributed by atoms with E-state index in [1.165, 1.54) is 10.6 Å². The van der Waals surface area contributed by atoms with E-state index >= 15 is 0 Å². The van der Waals surface area contributed by atoms with Gasteiger partial charge in [-0.25, -0.2) is 17.7 Å². The van der Waals surface area contributed by atoms with Gasteiger partial charge in [0.1, 0.15) is 11.3 Å². The molecule has 4 fully saturated rings. The SMILES string of the molecule is C[C@@H]1C2CC1(n1c(C(=O)N(C)C)cc3cnc(NC4CCN(S(C)(=O)=O)CC4)nc31)C2. The minimum absolute atomic E-state index is 0.0140. The van der Waals surface area contributed by atoms with Gasteiger partial charge in [0.05, 0.1) is 11.8 Å². The summed E-state index contributed by atoms with van der Waals surface area (Å²) in [6, 6.07) is 2.04. The summed E-state index contributed by atoms with van der Waals surface area (Å²) in [5, 5.41) is 4.27. The molecule has 1 aliphatic heterocycles. The third-order valence-corrected chi connectivity index (χ3v) is 8.96. The average molecular weight is 447 g/mol. The Hall–Kier alpha value is -2.20. The Bertz CT molecular complexity index is 1140. The van der Waals surface area contributed by atoms with Gasteiger partial charge in [-0.3, -0.25) is 4.79 Å². The summed E-state index contributed by atoms with van der Waals surface area (Å²) in [5.41, 5.74) is 1.47. The number of nitrogens with one attached hydrogen (secondary N) is 1. The molecule has 1 amide bonds. The highest BCUT2D eigenvalue weighted by molar-refractivity contribution is 7.88. The van der Waals surface area contributed by atoms with E-state index in [2.05, 4.69) is 21.8 Å². The lowest BCUT2D eigenvalue weighted by Gasteiger charge is -2.68. The molecule has 4 aliphatic rings. The van der Waals surface area contributed by atoms with E-state index in [1.807, 2.05) is 6.07 Å². The third kappa shape index (κ3) is 3.14. The lowest BCUT2D eigenvalue weighted by atomic mass is 9.42. The lowest BCUT2D eigenvalue weighted by molar-refractivity contribution is -0.160. The second-order valence-corrected chi connectivity index (χ2v) is 11.7. The first kappa shape index (κ1) is 20.7. The van der Waals surface area contributed by atoms with Gasteiger partial charge in [0.2, 0.25) is 16.0 Å². The molecule has 3 saturated carbocycles. The number of amides is 1. The van der Waals surface area contributed by atoms with Gasteiger partial charge in [0, 0.05) is 44.8 Å². The number of nitrogens with zero attached hydrogens (tertiary/aromatic N) is 5. The summed E-state index contributed by atoms with van der Waals surface area (Å²) < 4.78 is 27.2. The average Bonchev–Trinajstić information content (AvgIpc) is 3.04. The van der Waals surface area contributed by atoms with Crippen molar-refractivity contribution in [1.29, 1.82) is 0 Å². The maximum atomic E-state index is 12.9. The molecule has 2 aromatic rings. The first-order chi connectivity index (χ1) is 14.6. The highest BCUT2D eigenvalue weighted by Crippen LogP contribution is 2.67. The summed E-state index contributed by atoms with van der Waals surface area (Å²) in [6.07, 6.45) is 6.66. The van der Waals surface area contributed by atoms with Gasteiger partial charge in [-0.1, -0.05) is 6.92 Å². The van der Waals surface area contributed by atoms with Crippen molar-refractivity contribution in [2.45, 2.75) is 44.2 Å². The number of aromatic nitrogens is 3. The fourth-order valence-corrected chi connectivity index (χ4v) is 6.36. The van der Waals surface area contributed by atoms with Crippen molar-refractivity contribution >= 4 is 32.9 Å². The Labute approximate surface area is 182 Å². The van der Waals surface area contributed by atoms with Crippen LogP contribution in [0.25, 0.3) is 11.0 Å². The van der Waals surface area contributed by atoms with Crippen molar-refractivity contribution in [3.63, 3.8) is 0 Å². The molecule has 0 unspecified atom stereocenters. The van der Waals surface area contributed by atoms with Gasteiger partial charge in [-0.15, -0.1) is 0 Å². The van der Waals surface area contributed by atoms with Crippen LogP contribution in [0.3, 0.4) is 0 Å². The minimum atomic E-state index is -3.15. The number of sulfonamides is 1. The Morgan fingerprint density at radius 3 is 2.45 bits per heavy atom. The molecule has 168 valence electrons. The molecule has 1 N–H and O–H groups in total. The number of anilines is 1. The molecule has 9 nitrogen and oxygen atoms in total. The fourth-order valence-electron chi connectivity index (χ4n) is 5.49. The molecule has 1 atom stereocenters. The summed E-state index contributed by atoms with van der Waals surface area (Å²) in [7, 11) is 0.403. The Balaban J connectivity index is 1.45. The Kier molecular flexibility index (Phi) is 4.60. The molecule has 3 aliphatic carbocycles. The van der Waals surface area contributed by atoms with E-state index in [0.29, 0.717) is 43.5 Å². The van der Waals surface area contributed by atoms with Crippen LogP contribution in [0.5, 0.6) is 0 Å². The van der Waals surface area contributed by atoms with Gasteiger partial charge in [-0.05, 0) is 43.6 Å². The molecule has 0 radical (unpaired) electrons. The zero-order chi connectivity index (χ0) is 22.1. The number of rotatable bonds is 5. The minimum Gasteiger partial charge on any atom is -0.351 e. The molecule has 2 aromatic heterocycles. The molecule has 31 heavy (non-hydrogen) atoms. The summed E-state index contributed by atoms with van der Waals surface area (Å²) in [6.45, 7) is 3.26. The van der Waals surface area contributed by atoms with Gasteiger partial charge in [0.25, 0.3) is 5.91 Å². The van der Waals surface area contributed by atoms with Crippen molar-refractivity contribution in [2.75, 3.05) is 38.8 Å². The van der Waals surface area contributed by atoms with E-state index < -0.39 is 10.0 Å². The van der Waals surface area contributed by atoms with Crippen LogP contribution < -0.4 is 5.32 Å². The molecule has 2 bridgehead atoms. The van der Waals surface area contributed by atoms with Crippen LogP contribution in [-0.4, -0.2) is 77.5 Å². The van der Waals surface area contributed by atoms with Gasteiger partial charge < -0.3 is 14.8 Å². The fraction of sp³-hybridized carbons (Fsp3) is 0.667. The van der Waals surface area contributed by atoms with Crippen LogP contribution in [0.4, 0.5) is 5.95 Å². The van der Waals surface area contributed by atoms with Gasteiger partial charge >= 0.3 is 0 Å². The predicted molar refractivity (Wildman–Crippen MR) is 118 cm³/mol. The van der Waals surface area contributed by atoms with E-state index in [4.69, 9.17) is 4.98 Å². The number of hydrogen-bond acceptors (Lipinski definition) is 6. The maximum Gasteiger partial charge on any atom is 0.270 e. The van der Waals surface area contributed by atoms with Gasteiger partial charge in [-0.2, -0.15) is 4.98 Å². The van der Waals surface area contributed by atoms with E-state index in [9.17, 15) is 13.2 Å². The highest BCUT2D eigenvalue weighted by atomic mass is 32.2. The molecular weight excluding hydrogens is 416 g/mol. The zero-order valence-electron chi connectivity index (χ0n) is 18.5. The van der Waals surface area contributed by atoms with Crippen LogP contribution >= 0.6 is 0 Å². The summed E-state index contributed by atoms with van der Waals surface area (Å²) in [4.78, 5) is 23.9. The summed E-state index contributed by atoms with van der Waals surface area (Å²) >= 11 is 0. The number of fused-ring (bicyclic) bond motifs is 1. The van der Waals surface area contributed by atoms with Crippen LogP contribution in [0.2, 0.25) is 0 Å². The Morgan fingerprint density at radius 2 is 1.94 bits per heavy atom. The van der Waals surface area contributed by atoms with Crippen LogP contribution in [0.15, 0.2) is 12.3 Å². The lowest BCUT2D eigenvalue weighted by Crippen LogP contribution is -2.67. The second kappa shape index (κ2) is 6.90.